The van der Waals surface area contributed by atoms with Crippen molar-refractivity contribution >= 4 is 29.3 Å². The molecule has 0 radical (unpaired) electrons. The molecule has 31 heavy (non-hydrogen) atoms. The predicted octanol–water partition coefficient (Wildman–Crippen LogP) is 4.69. The number of carbonyl (C=O) groups is 1. The van der Waals surface area contributed by atoms with Gasteiger partial charge in [0.1, 0.15) is 0 Å². The molecule has 1 aliphatic heterocycles. The van der Waals surface area contributed by atoms with E-state index < -0.39 is 0 Å². The van der Waals surface area contributed by atoms with Crippen molar-refractivity contribution < 1.29 is 4.79 Å². The Hall–Kier alpha value is -1.57. The van der Waals surface area contributed by atoms with Crippen molar-refractivity contribution in [1.29, 1.82) is 0 Å². The van der Waals surface area contributed by atoms with Crippen LogP contribution in [0.2, 0.25) is 5.02 Å². The SMILES string of the molecule is C[C@H]1CCCC[C@@H]1NC(=O)CSc1nnc(CN2CCCCC2)n1-c1ccc(Cl)cc1. The fourth-order valence-corrected chi connectivity index (χ4v) is 5.48. The Morgan fingerprint density at radius 1 is 1.10 bits per heavy atom. The number of amides is 1. The maximum absolute atomic E-state index is 12.6. The minimum Gasteiger partial charge on any atom is -0.352 e. The molecule has 1 aromatic heterocycles. The van der Waals surface area contributed by atoms with Crippen molar-refractivity contribution in [2.24, 2.45) is 5.92 Å². The summed E-state index contributed by atoms with van der Waals surface area (Å²) in [4.78, 5) is 15.1. The van der Waals surface area contributed by atoms with Crippen molar-refractivity contribution in [2.45, 2.75) is 69.6 Å². The first-order valence-corrected chi connectivity index (χ1v) is 12.8. The maximum Gasteiger partial charge on any atom is 0.230 e. The molecular weight excluding hydrogens is 430 g/mol. The fraction of sp³-hybridized carbons (Fsp3) is 0.609. The number of nitrogens with zero attached hydrogens (tertiary/aromatic N) is 4. The second-order valence-corrected chi connectivity index (χ2v) is 10.2. The van der Waals surface area contributed by atoms with Gasteiger partial charge in [0.25, 0.3) is 0 Å². The first-order chi connectivity index (χ1) is 15.1. The summed E-state index contributed by atoms with van der Waals surface area (Å²) in [6.45, 7) is 5.19. The molecule has 2 aliphatic rings. The van der Waals surface area contributed by atoms with Crippen LogP contribution in [-0.2, 0) is 11.3 Å². The van der Waals surface area contributed by atoms with Gasteiger partial charge >= 0.3 is 0 Å². The molecule has 6 nitrogen and oxygen atoms in total. The second kappa shape index (κ2) is 10.8. The quantitative estimate of drug-likeness (QED) is 0.606. The van der Waals surface area contributed by atoms with Crippen LogP contribution in [0.5, 0.6) is 0 Å². The molecule has 2 heterocycles. The number of rotatable bonds is 7. The molecule has 8 heteroatoms. The van der Waals surface area contributed by atoms with Crippen molar-refractivity contribution in [3.63, 3.8) is 0 Å². The van der Waals surface area contributed by atoms with E-state index in [-0.39, 0.29) is 5.91 Å². The van der Waals surface area contributed by atoms with Crippen LogP contribution < -0.4 is 5.32 Å². The molecule has 0 unspecified atom stereocenters. The lowest BCUT2D eigenvalue weighted by Gasteiger charge is -2.29. The number of piperidine rings is 1. The third-order valence-electron chi connectivity index (χ3n) is 6.39. The molecule has 4 rings (SSSR count). The Morgan fingerprint density at radius 3 is 2.58 bits per heavy atom. The highest BCUT2D eigenvalue weighted by Crippen LogP contribution is 2.26. The van der Waals surface area contributed by atoms with Crippen LogP contribution in [0.25, 0.3) is 5.69 Å². The summed E-state index contributed by atoms with van der Waals surface area (Å²) in [5.74, 6) is 1.88. The van der Waals surface area contributed by atoms with E-state index in [0.717, 1.165) is 42.7 Å². The average Bonchev–Trinajstić information content (AvgIpc) is 3.17. The molecule has 1 N–H and O–H groups in total. The molecule has 168 valence electrons. The molecule has 1 saturated heterocycles. The van der Waals surface area contributed by atoms with Crippen LogP contribution in [0.4, 0.5) is 0 Å². The van der Waals surface area contributed by atoms with Gasteiger partial charge in [0.05, 0.1) is 12.3 Å². The van der Waals surface area contributed by atoms with Gasteiger partial charge in [0.15, 0.2) is 11.0 Å². The number of benzene rings is 1. The molecule has 2 atom stereocenters. The second-order valence-electron chi connectivity index (χ2n) is 8.77. The van der Waals surface area contributed by atoms with Gasteiger partial charge in [0.2, 0.25) is 5.91 Å². The van der Waals surface area contributed by atoms with Gasteiger partial charge in [-0.25, -0.2) is 0 Å². The molecule has 1 saturated carbocycles. The Morgan fingerprint density at radius 2 is 1.84 bits per heavy atom. The number of likely N-dealkylation sites (tertiary alicyclic amines) is 1. The van der Waals surface area contributed by atoms with Gasteiger partial charge in [-0.05, 0) is 69.0 Å². The van der Waals surface area contributed by atoms with Gasteiger partial charge in [-0.1, -0.05) is 49.5 Å². The molecule has 1 aliphatic carbocycles. The van der Waals surface area contributed by atoms with Gasteiger partial charge < -0.3 is 5.32 Å². The fourth-order valence-electron chi connectivity index (χ4n) is 4.57. The minimum atomic E-state index is 0.0759. The highest BCUT2D eigenvalue weighted by molar-refractivity contribution is 7.99. The normalized spacial score (nSPS) is 22.4. The highest BCUT2D eigenvalue weighted by Gasteiger charge is 2.24. The summed E-state index contributed by atoms with van der Waals surface area (Å²) in [5, 5.41) is 13.6. The molecule has 1 amide bonds. The van der Waals surface area contributed by atoms with Crippen LogP contribution >= 0.6 is 23.4 Å². The third kappa shape index (κ3) is 6.02. The number of halogens is 1. The number of hydrogen-bond donors (Lipinski definition) is 1. The van der Waals surface area contributed by atoms with Gasteiger partial charge in [-0.3, -0.25) is 14.3 Å². The molecule has 0 spiro atoms. The summed E-state index contributed by atoms with van der Waals surface area (Å²) >= 11 is 7.56. The van der Waals surface area contributed by atoms with E-state index in [4.69, 9.17) is 11.6 Å². The zero-order valence-electron chi connectivity index (χ0n) is 18.2. The zero-order chi connectivity index (χ0) is 21.6. The molecule has 0 bridgehead atoms. The van der Waals surface area contributed by atoms with Crippen LogP contribution in [0.1, 0.15) is 57.7 Å². The Kier molecular flexibility index (Phi) is 7.91. The standard InChI is InChI=1S/C23H32ClN5OS/c1-17-7-3-4-8-20(17)25-22(30)16-31-23-27-26-21(15-28-13-5-2-6-14-28)29(23)19-11-9-18(24)10-12-19/h9-12,17,20H,2-8,13-16H2,1H3,(H,25,30)/t17-,20-/m0/s1. The summed E-state index contributed by atoms with van der Waals surface area (Å²) in [6, 6.07) is 8.03. The predicted molar refractivity (Wildman–Crippen MR) is 126 cm³/mol. The topological polar surface area (TPSA) is 63.1 Å². The largest absolute Gasteiger partial charge is 0.352 e. The maximum atomic E-state index is 12.6. The van der Waals surface area contributed by atoms with Gasteiger partial charge in [-0.2, -0.15) is 0 Å². The van der Waals surface area contributed by atoms with Gasteiger partial charge in [0, 0.05) is 16.8 Å². The number of carbonyl (C=O) groups excluding carboxylic acids is 1. The van der Waals surface area contributed by atoms with E-state index >= 15 is 0 Å². The average molecular weight is 462 g/mol. The highest BCUT2D eigenvalue weighted by atomic mass is 35.5. The first kappa shape index (κ1) is 22.6. The van der Waals surface area contributed by atoms with E-state index in [1.165, 1.54) is 50.3 Å². The van der Waals surface area contributed by atoms with Crippen LogP contribution in [-0.4, -0.2) is 50.5 Å². The number of hydrogen-bond acceptors (Lipinski definition) is 5. The summed E-state index contributed by atoms with van der Waals surface area (Å²) in [7, 11) is 0. The monoisotopic (exact) mass is 461 g/mol. The van der Waals surface area contributed by atoms with Crippen molar-refractivity contribution in [2.75, 3.05) is 18.8 Å². The van der Waals surface area contributed by atoms with Crippen molar-refractivity contribution in [3.05, 3.63) is 35.1 Å². The smallest absolute Gasteiger partial charge is 0.230 e. The molecule has 1 aromatic carbocycles. The summed E-state index contributed by atoms with van der Waals surface area (Å²) in [6.07, 6.45) is 8.52. The first-order valence-electron chi connectivity index (χ1n) is 11.4. The van der Waals surface area contributed by atoms with Crippen molar-refractivity contribution in [3.8, 4) is 5.69 Å². The summed E-state index contributed by atoms with van der Waals surface area (Å²) in [5.41, 5.74) is 0.977. The van der Waals surface area contributed by atoms with Crippen LogP contribution in [0, 0.1) is 5.92 Å². The van der Waals surface area contributed by atoms with Gasteiger partial charge in [-0.15, -0.1) is 10.2 Å². The molecular formula is C23H32ClN5OS. The molecule has 2 fully saturated rings. The Bertz CT molecular complexity index is 865. The van der Waals surface area contributed by atoms with E-state index in [2.05, 4.69) is 31.9 Å². The minimum absolute atomic E-state index is 0.0759. The Labute approximate surface area is 194 Å². The number of nitrogens with one attached hydrogen (secondary N) is 1. The third-order valence-corrected chi connectivity index (χ3v) is 7.57. The van der Waals surface area contributed by atoms with E-state index in [1.807, 2.05) is 24.3 Å². The van der Waals surface area contributed by atoms with Crippen molar-refractivity contribution in [1.82, 2.24) is 25.0 Å². The lowest BCUT2D eigenvalue weighted by molar-refractivity contribution is -0.119. The Balaban J connectivity index is 1.47. The lowest BCUT2D eigenvalue weighted by atomic mass is 9.86. The van der Waals surface area contributed by atoms with E-state index in [1.54, 1.807) is 0 Å². The van der Waals surface area contributed by atoms with Crippen LogP contribution in [0.15, 0.2) is 29.4 Å². The lowest BCUT2D eigenvalue weighted by Crippen LogP contribution is -2.41. The number of aromatic nitrogens is 3. The van der Waals surface area contributed by atoms with E-state index in [9.17, 15) is 4.79 Å². The molecule has 2 aromatic rings. The number of thioether (sulfide) groups is 1. The van der Waals surface area contributed by atoms with Crippen LogP contribution in [0.3, 0.4) is 0 Å². The zero-order valence-corrected chi connectivity index (χ0v) is 19.8. The van der Waals surface area contributed by atoms with E-state index in [0.29, 0.717) is 22.7 Å². The summed E-state index contributed by atoms with van der Waals surface area (Å²) < 4.78 is 2.08.